The smallest absolute Gasteiger partial charge is 0.134 e. The largest absolute Gasteiger partial charge is 0.506 e. The second-order valence-corrected chi connectivity index (χ2v) is 5.33. The third kappa shape index (κ3) is 3.73. The number of halogens is 2. The fourth-order valence-corrected chi connectivity index (χ4v) is 2.66. The number of nitrogens with one attached hydrogen (secondary N) is 1. The van der Waals surface area contributed by atoms with E-state index in [1.807, 2.05) is 13.0 Å². The molecule has 90 valence electrons. The van der Waals surface area contributed by atoms with Gasteiger partial charge in [-0.05, 0) is 34.5 Å². The fourth-order valence-electron chi connectivity index (χ4n) is 1.35. The highest BCUT2D eigenvalue weighted by Gasteiger charge is 2.09. The van der Waals surface area contributed by atoms with Gasteiger partial charge in [0.1, 0.15) is 5.75 Å². The average Bonchev–Trinajstić information content (AvgIpc) is 2.26. The molecule has 0 aromatic heterocycles. The van der Waals surface area contributed by atoms with Crippen molar-refractivity contribution in [2.45, 2.75) is 25.9 Å². The van der Waals surface area contributed by atoms with Crippen LogP contribution in [0.15, 0.2) is 21.1 Å². The van der Waals surface area contributed by atoms with Crippen LogP contribution in [0.25, 0.3) is 0 Å². The molecule has 0 heterocycles. The van der Waals surface area contributed by atoms with Gasteiger partial charge in [0.2, 0.25) is 0 Å². The normalized spacial score (nSPS) is 12.8. The van der Waals surface area contributed by atoms with Gasteiger partial charge < -0.3 is 15.5 Å². The number of aromatic hydroxyl groups is 1. The van der Waals surface area contributed by atoms with E-state index in [1.54, 1.807) is 6.07 Å². The predicted molar refractivity (Wildman–Crippen MR) is 71.5 cm³/mol. The van der Waals surface area contributed by atoms with Gasteiger partial charge in [0.05, 0.1) is 11.1 Å². The van der Waals surface area contributed by atoms with E-state index in [0.717, 1.165) is 16.5 Å². The van der Waals surface area contributed by atoms with Gasteiger partial charge >= 0.3 is 0 Å². The molecule has 1 aromatic carbocycles. The van der Waals surface area contributed by atoms with Crippen molar-refractivity contribution in [2.24, 2.45) is 0 Å². The van der Waals surface area contributed by atoms with E-state index in [2.05, 4.69) is 37.2 Å². The molecule has 5 heteroatoms. The second kappa shape index (κ2) is 6.59. The maximum Gasteiger partial charge on any atom is 0.134 e. The van der Waals surface area contributed by atoms with E-state index >= 15 is 0 Å². The summed E-state index contributed by atoms with van der Waals surface area (Å²) in [6, 6.07) is 3.72. The van der Waals surface area contributed by atoms with Gasteiger partial charge in [-0.3, -0.25) is 0 Å². The molecular formula is C11H15Br2NO2. The minimum atomic E-state index is 0.0668. The SMILES string of the molecule is CC[C@H](CO)NCc1cc(Br)cc(Br)c1O. The molecule has 1 aromatic rings. The van der Waals surface area contributed by atoms with Crippen LogP contribution in [0.1, 0.15) is 18.9 Å². The Morgan fingerprint density at radius 1 is 1.38 bits per heavy atom. The van der Waals surface area contributed by atoms with Gasteiger partial charge in [0, 0.05) is 22.6 Å². The number of aliphatic hydroxyl groups excluding tert-OH is 1. The quantitative estimate of drug-likeness (QED) is 0.763. The van der Waals surface area contributed by atoms with Crippen molar-refractivity contribution in [1.29, 1.82) is 0 Å². The topological polar surface area (TPSA) is 52.5 Å². The minimum Gasteiger partial charge on any atom is -0.506 e. The van der Waals surface area contributed by atoms with Crippen molar-refractivity contribution >= 4 is 31.9 Å². The Kier molecular flexibility index (Phi) is 5.75. The van der Waals surface area contributed by atoms with Crippen LogP contribution in [-0.4, -0.2) is 22.9 Å². The van der Waals surface area contributed by atoms with E-state index in [1.165, 1.54) is 0 Å². The predicted octanol–water partition coefficient (Wildman–Crippen LogP) is 2.78. The first-order valence-electron chi connectivity index (χ1n) is 5.09. The second-order valence-electron chi connectivity index (χ2n) is 3.56. The molecule has 3 nitrogen and oxygen atoms in total. The standard InChI is InChI=1S/C11H15Br2NO2/c1-2-9(6-15)14-5-7-3-8(12)4-10(13)11(7)16/h3-4,9,14-16H,2,5-6H2,1H3/t9-/m1/s1. The molecule has 1 rings (SSSR count). The van der Waals surface area contributed by atoms with Crippen LogP contribution in [0.4, 0.5) is 0 Å². The maximum absolute atomic E-state index is 9.81. The third-order valence-electron chi connectivity index (χ3n) is 2.40. The van der Waals surface area contributed by atoms with Crippen LogP contribution in [0.3, 0.4) is 0 Å². The van der Waals surface area contributed by atoms with E-state index in [0.29, 0.717) is 11.0 Å². The summed E-state index contributed by atoms with van der Waals surface area (Å²) in [7, 11) is 0. The molecule has 0 spiro atoms. The molecule has 0 aliphatic heterocycles. The minimum absolute atomic E-state index is 0.0668. The van der Waals surface area contributed by atoms with E-state index < -0.39 is 0 Å². The molecule has 0 saturated heterocycles. The van der Waals surface area contributed by atoms with Crippen LogP contribution in [0.5, 0.6) is 5.75 Å². The molecule has 0 fully saturated rings. The highest BCUT2D eigenvalue weighted by atomic mass is 79.9. The Labute approximate surface area is 112 Å². The van der Waals surface area contributed by atoms with Crippen molar-refractivity contribution in [3.8, 4) is 5.75 Å². The number of phenols is 1. The summed E-state index contributed by atoms with van der Waals surface area (Å²) in [4.78, 5) is 0. The summed E-state index contributed by atoms with van der Waals surface area (Å²) in [5, 5.41) is 22.0. The average molecular weight is 353 g/mol. The highest BCUT2D eigenvalue weighted by molar-refractivity contribution is 9.11. The highest BCUT2D eigenvalue weighted by Crippen LogP contribution is 2.31. The molecule has 0 bridgehead atoms. The first-order chi connectivity index (χ1) is 7.58. The van der Waals surface area contributed by atoms with Crippen molar-refractivity contribution in [1.82, 2.24) is 5.32 Å². The van der Waals surface area contributed by atoms with Crippen molar-refractivity contribution < 1.29 is 10.2 Å². The molecule has 0 saturated carbocycles. The summed E-state index contributed by atoms with van der Waals surface area (Å²) in [6.45, 7) is 2.64. The van der Waals surface area contributed by atoms with Crippen molar-refractivity contribution in [2.75, 3.05) is 6.61 Å². The molecule has 0 aliphatic rings. The van der Waals surface area contributed by atoms with Crippen LogP contribution >= 0.6 is 31.9 Å². The summed E-state index contributed by atoms with van der Waals surface area (Å²) >= 11 is 6.65. The number of aliphatic hydroxyl groups is 1. The van der Waals surface area contributed by atoms with Gasteiger partial charge in [0.15, 0.2) is 0 Å². The molecule has 0 aliphatic carbocycles. The molecular weight excluding hydrogens is 338 g/mol. The van der Waals surface area contributed by atoms with Gasteiger partial charge in [-0.25, -0.2) is 0 Å². The lowest BCUT2D eigenvalue weighted by Crippen LogP contribution is -2.31. The first-order valence-corrected chi connectivity index (χ1v) is 6.68. The van der Waals surface area contributed by atoms with E-state index in [-0.39, 0.29) is 18.4 Å². The lowest BCUT2D eigenvalue weighted by Gasteiger charge is -2.15. The molecule has 1 atom stereocenters. The van der Waals surface area contributed by atoms with Gasteiger partial charge in [-0.1, -0.05) is 22.9 Å². The monoisotopic (exact) mass is 351 g/mol. The Morgan fingerprint density at radius 2 is 2.06 bits per heavy atom. The number of hydrogen-bond acceptors (Lipinski definition) is 3. The zero-order chi connectivity index (χ0) is 12.1. The van der Waals surface area contributed by atoms with E-state index in [9.17, 15) is 5.11 Å². The summed E-state index contributed by atoms with van der Waals surface area (Å²) < 4.78 is 1.57. The van der Waals surface area contributed by atoms with Crippen LogP contribution in [-0.2, 0) is 6.54 Å². The Bertz CT molecular complexity index is 354. The fraction of sp³-hybridized carbons (Fsp3) is 0.455. The maximum atomic E-state index is 9.81. The van der Waals surface area contributed by atoms with Gasteiger partial charge in [-0.2, -0.15) is 0 Å². The molecule has 3 N–H and O–H groups in total. The van der Waals surface area contributed by atoms with Crippen molar-refractivity contribution in [3.05, 3.63) is 26.6 Å². The number of benzene rings is 1. The zero-order valence-corrected chi connectivity index (χ0v) is 12.2. The first kappa shape index (κ1) is 14.0. The lowest BCUT2D eigenvalue weighted by molar-refractivity contribution is 0.238. The molecule has 0 radical (unpaired) electrons. The summed E-state index contributed by atoms with van der Waals surface area (Å²) in [5.74, 6) is 0.239. The van der Waals surface area contributed by atoms with Gasteiger partial charge in [0.25, 0.3) is 0 Å². The molecule has 0 unspecified atom stereocenters. The summed E-state index contributed by atoms with van der Waals surface area (Å²) in [5.41, 5.74) is 0.799. The number of rotatable bonds is 5. The summed E-state index contributed by atoms with van der Waals surface area (Å²) in [6.07, 6.45) is 0.854. The van der Waals surface area contributed by atoms with E-state index in [4.69, 9.17) is 5.11 Å². The van der Waals surface area contributed by atoms with Crippen LogP contribution in [0, 0.1) is 0 Å². The number of phenolic OH excluding ortho intramolecular Hbond substituents is 1. The Morgan fingerprint density at radius 3 is 2.62 bits per heavy atom. The third-order valence-corrected chi connectivity index (χ3v) is 3.46. The van der Waals surface area contributed by atoms with Crippen LogP contribution in [0.2, 0.25) is 0 Å². The van der Waals surface area contributed by atoms with Crippen molar-refractivity contribution in [3.63, 3.8) is 0 Å². The zero-order valence-electron chi connectivity index (χ0n) is 9.00. The molecule has 0 amide bonds. The van der Waals surface area contributed by atoms with Gasteiger partial charge in [-0.15, -0.1) is 0 Å². The Hall–Kier alpha value is -0.100. The number of hydrogen-bond donors (Lipinski definition) is 3. The molecule has 16 heavy (non-hydrogen) atoms. The van der Waals surface area contributed by atoms with Crippen LogP contribution < -0.4 is 5.32 Å². The Balaban J connectivity index is 2.73. The lowest BCUT2D eigenvalue weighted by atomic mass is 10.1.